The Labute approximate surface area is 113 Å². The first-order valence-corrected chi connectivity index (χ1v) is 6.41. The second-order valence-corrected chi connectivity index (χ2v) is 4.34. The van der Waals surface area contributed by atoms with Crippen molar-refractivity contribution in [3.8, 4) is 5.75 Å². The molecule has 0 bridgehead atoms. The molecule has 19 heavy (non-hydrogen) atoms. The summed E-state index contributed by atoms with van der Waals surface area (Å²) in [4.78, 5) is 0. The van der Waals surface area contributed by atoms with E-state index in [0.717, 1.165) is 17.9 Å². The lowest BCUT2D eigenvalue weighted by Gasteiger charge is -2.05. The number of rotatable bonds is 6. The van der Waals surface area contributed by atoms with Crippen LogP contribution in [0, 0.1) is 0 Å². The Morgan fingerprint density at radius 1 is 1.37 bits per heavy atom. The van der Waals surface area contributed by atoms with E-state index < -0.39 is 0 Å². The van der Waals surface area contributed by atoms with Gasteiger partial charge in [-0.1, -0.05) is 19.1 Å². The fourth-order valence-corrected chi connectivity index (χ4v) is 1.86. The lowest BCUT2D eigenvalue weighted by molar-refractivity contribution is 0.400. The molecule has 0 fully saturated rings. The van der Waals surface area contributed by atoms with E-state index in [4.69, 9.17) is 9.15 Å². The SMILES string of the molecule is CCNC(C)c1nnc(Cc2cccc(OC)c2)o1. The van der Waals surface area contributed by atoms with Crippen molar-refractivity contribution >= 4 is 0 Å². The first-order chi connectivity index (χ1) is 9.22. The Balaban J connectivity index is 2.06. The van der Waals surface area contributed by atoms with Gasteiger partial charge in [-0.3, -0.25) is 0 Å². The average molecular weight is 261 g/mol. The Kier molecular flexibility index (Phi) is 4.52. The molecule has 0 aliphatic heterocycles. The van der Waals surface area contributed by atoms with Gasteiger partial charge in [0.15, 0.2) is 0 Å². The maximum Gasteiger partial charge on any atom is 0.233 e. The highest BCUT2D eigenvalue weighted by Crippen LogP contribution is 2.17. The second-order valence-electron chi connectivity index (χ2n) is 4.34. The topological polar surface area (TPSA) is 60.2 Å². The first kappa shape index (κ1) is 13.5. The Morgan fingerprint density at radius 3 is 2.95 bits per heavy atom. The first-order valence-electron chi connectivity index (χ1n) is 6.41. The standard InChI is InChI=1S/C14H19N3O2/c1-4-15-10(2)14-17-16-13(19-14)9-11-6-5-7-12(8-11)18-3/h5-8,10,15H,4,9H2,1-3H3. The zero-order valence-corrected chi connectivity index (χ0v) is 11.5. The third-order valence-corrected chi connectivity index (χ3v) is 2.85. The van der Waals surface area contributed by atoms with Gasteiger partial charge in [-0.25, -0.2) is 0 Å². The number of ether oxygens (including phenoxy) is 1. The second kappa shape index (κ2) is 6.33. The normalized spacial score (nSPS) is 12.4. The average Bonchev–Trinajstić information content (AvgIpc) is 2.88. The van der Waals surface area contributed by atoms with Crippen molar-refractivity contribution in [1.29, 1.82) is 0 Å². The summed E-state index contributed by atoms with van der Waals surface area (Å²) in [6.45, 7) is 4.92. The number of nitrogens with one attached hydrogen (secondary N) is 1. The zero-order chi connectivity index (χ0) is 13.7. The van der Waals surface area contributed by atoms with Gasteiger partial charge in [0, 0.05) is 0 Å². The molecule has 2 rings (SSSR count). The van der Waals surface area contributed by atoms with Crippen LogP contribution in [-0.2, 0) is 6.42 Å². The van der Waals surface area contributed by atoms with Crippen molar-refractivity contribution in [1.82, 2.24) is 15.5 Å². The van der Waals surface area contributed by atoms with Crippen molar-refractivity contribution < 1.29 is 9.15 Å². The van der Waals surface area contributed by atoms with Crippen LogP contribution in [0.1, 0.15) is 37.2 Å². The molecule has 5 nitrogen and oxygen atoms in total. The van der Waals surface area contributed by atoms with Crippen molar-refractivity contribution in [3.05, 3.63) is 41.6 Å². The molecule has 1 unspecified atom stereocenters. The predicted octanol–water partition coefficient (Wildman–Crippen LogP) is 2.34. The fraction of sp³-hybridized carbons (Fsp3) is 0.429. The van der Waals surface area contributed by atoms with Crippen LogP contribution >= 0.6 is 0 Å². The van der Waals surface area contributed by atoms with Crippen molar-refractivity contribution in [2.45, 2.75) is 26.3 Å². The molecule has 2 aromatic rings. The zero-order valence-electron chi connectivity index (χ0n) is 11.5. The van der Waals surface area contributed by atoms with E-state index in [-0.39, 0.29) is 6.04 Å². The molecule has 0 amide bonds. The molecular weight excluding hydrogens is 242 g/mol. The summed E-state index contributed by atoms with van der Waals surface area (Å²) in [5.74, 6) is 2.08. The van der Waals surface area contributed by atoms with E-state index in [1.54, 1.807) is 7.11 Å². The molecule has 1 aromatic heterocycles. The minimum absolute atomic E-state index is 0.0801. The van der Waals surface area contributed by atoms with Gasteiger partial charge in [0.05, 0.1) is 19.6 Å². The van der Waals surface area contributed by atoms with E-state index >= 15 is 0 Å². The smallest absolute Gasteiger partial charge is 0.233 e. The fourth-order valence-electron chi connectivity index (χ4n) is 1.86. The third-order valence-electron chi connectivity index (χ3n) is 2.85. The number of nitrogens with zero attached hydrogens (tertiary/aromatic N) is 2. The molecule has 0 radical (unpaired) electrons. The highest BCUT2D eigenvalue weighted by Gasteiger charge is 2.13. The summed E-state index contributed by atoms with van der Waals surface area (Å²) in [5.41, 5.74) is 1.09. The lowest BCUT2D eigenvalue weighted by Crippen LogP contribution is -2.17. The Morgan fingerprint density at radius 2 is 2.21 bits per heavy atom. The van der Waals surface area contributed by atoms with E-state index in [2.05, 4.69) is 15.5 Å². The molecule has 0 aliphatic carbocycles. The molecule has 0 saturated heterocycles. The summed E-state index contributed by atoms with van der Waals surface area (Å²) < 4.78 is 10.8. The lowest BCUT2D eigenvalue weighted by atomic mass is 10.1. The summed E-state index contributed by atoms with van der Waals surface area (Å²) in [5, 5.41) is 11.4. The van der Waals surface area contributed by atoms with Gasteiger partial charge in [0.25, 0.3) is 0 Å². The number of benzene rings is 1. The van der Waals surface area contributed by atoms with E-state index in [1.165, 1.54) is 0 Å². The number of aromatic nitrogens is 2. The van der Waals surface area contributed by atoms with Crippen LogP contribution in [0.3, 0.4) is 0 Å². The molecule has 0 aliphatic rings. The highest BCUT2D eigenvalue weighted by molar-refractivity contribution is 5.29. The minimum Gasteiger partial charge on any atom is -0.497 e. The maximum atomic E-state index is 5.65. The maximum absolute atomic E-state index is 5.65. The molecule has 1 atom stereocenters. The third kappa shape index (κ3) is 3.54. The van der Waals surface area contributed by atoms with Gasteiger partial charge in [0.1, 0.15) is 5.75 Å². The van der Waals surface area contributed by atoms with Crippen LogP contribution in [0.5, 0.6) is 5.75 Å². The van der Waals surface area contributed by atoms with Crippen LogP contribution in [0.2, 0.25) is 0 Å². The van der Waals surface area contributed by atoms with Crippen LogP contribution in [0.25, 0.3) is 0 Å². The van der Waals surface area contributed by atoms with Crippen LogP contribution in [0.15, 0.2) is 28.7 Å². The van der Waals surface area contributed by atoms with Gasteiger partial charge >= 0.3 is 0 Å². The molecule has 0 saturated carbocycles. The van der Waals surface area contributed by atoms with Crippen LogP contribution in [0.4, 0.5) is 0 Å². The predicted molar refractivity (Wildman–Crippen MR) is 72.2 cm³/mol. The van der Waals surface area contributed by atoms with Crippen molar-refractivity contribution in [3.63, 3.8) is 0 Å². The molecule has 1 aromatic carbocycles. The van der Waals surface area contributed by atoms with Crippen LogP contribution in [-0.4, -0.2) is 23.9 Å². The van der Waals surface area contributed by atoms with Crippen molar-refractivity contribution in [2.24, 2.45) is 0 Å². The van der Waals surface area contributed by atoms with Crippen molar-refractivity contribution in [2.75, 3.05) is 13.7 Å². The minimum atomic E-state index is 0.0801. The van der Waals surface area contributed by atoms with Gasteiger partial charge in [-0.2, -0.15) is 0 Å². The summed E-state index contributed by atoms with van der Waals surface area (Å²) in [7, 11) is 1.65. The number of hydrogen-bond acceptors (Lipinski definition) is 5. The van der Waals surface area contributed by atoms with Gasteiger partial charge in [-0.05, 0) is 31.2 Å². The van der Waals surface area contributed by atoms with Crippen LogP contribution < -0.4 is 10.1 Å². The van der Waals surface area contributed by atoms with E-state index in [0.29, 0.717) is 18.2 Å². The number of hydrogen-bond donors (Lipinski definition) is 1. The summed E-state index contributed by atoms with van der Waals surface area (Å²) in [6, 6.07) is 7.93. The Bertz CT molecular complexity index is 525. The largest absolute Gasteiger partial charge is 0.497 e. The molecule has 1 heterocycles. The molecule has 1 N–H and O–H groups in total. The summed E-state index contributed by atoms with van der Waals surface area (Å²) >= 11 is 0. The van der Waals surface area contributed by atoms with Gasteiger partial charge in [0.2, 0.25) is 11.8 Å². The Hall–Kier alpha value is -1.88. The molecule has 5 heteroatoms. The monoisotopic (exact) mass is 261 g/mol. The summed E-state index contributed by atoms with van der Waals surface area (Å²) in [6.07, 6.45) is 0.614. The molecule has 0 spiro atoms. The van der Waals surface area contributed by atoms with Gasteiger partial charge in [-0.15, -0.1) is 10.2 Å². The quantitative estimate of drug-likeness (QED) is 0.864. The number of methoxy groups -OCH3 is 1. The highest BCUT2D eigenvalue weighted by atomic mass is 16.5. The molecule has 102 valence electrons. The van der Waals surface area contributed by atoms with E-state index in [1.807, 2.05) is 38.1 Å². The van der Waals surface area contributed by atoms with E-state index in [9.17, 15) is 0 Å². The molecular formula is C14H19N3O2. The van der Waals surface area contributed by atoms with Gasteiger partial charge < -0.3 is 14.5 Å².